The topological polar surface area (TPSA) is 277 Å². The molecule has 2 aliphatic rings. The van der Waals surface area contributed by atoms with Crippen molar-refractivity contribution in [2.45, 2.75) is 84.3 Å². The summed E-state index contributed by atoms with van der Waals surface area (Å²) in [5.74, 6) is 3.48. The van der Waals surface area contributed by atoms with E-state index in [9.17, 15) is 38.7 Å². The van der Waals surface area contributed by atoms with Crippen molar-refractivity contribution in [3.05, 3.63) is 130 Å². The van der Waals surface area contributed by atoms with Crippen LogP contribution in [0.3, 0.4) is 0 Å². The van der Waals surface area contributed by atoms with E-state index in [1.807, 2.05) is 54.6 Å². The molecule has 0 saturated carbocycles. The number of nitrogens with one attached hydrogen (secondary N) is 5. The predicted octanol–water partition coefficient (Wildman–Crippen LogP) is 7.57. The van der Waals surface area contributed by atoms with Crippen LogP contribution in [0.15, 0.2) is 97.1 Å². The van der Waals surface area contributed by atoms with Crippen molar-refractivity contribution in [2.24, 2.45) is 11.7 Å². The van der Waals surface area contributed by atoms with Crippen molar-refractivity contribution in [2.75, 3.05) is 75.6 Å². The van der Waals surface area contributed by atoms with E-state index in [-0.39, 0.29) is 50.8 Å². The zero-order valence-corrected chi connectivity index (χ0v) is 50.0. The standard InChI is InChI=1S/C62H71N11O10S2/c1-39(2)55(69-52(74)30-36-82-37-33-72-53(75)28-29-54(72)76)58(78)66-48(15-8-31-64-60(63)81)57(77)65-43-22-18-42(19-23-43)38-73(4,5)34-10-12-41-20-24-44(25-21-41)83-35-11-17-51-56(59(79)80)70-62(85-51)71-32-9-13-45-40(3)46(26-27-49(45)71)67-61-68-47-14-6-7-16-50(47)84-61/h6-7,14,16,18-29,39,48,55H,8-9,11,13,15,17,30-38H2,1-5H3,(H7-,63,64,65,66,67,68,69,74,77,78,79,80,81)/p+1/t48-,55-/m0/s1. The van der Waals surface area contributed by atoms with Crippen molar-refractivity contribution >= 4 is 102 Å². The number of hydrogen-bond acceptors (Lipinski definition) is 15. The number of imide groups is 1. The highest BCUT2D eigenvalue weighted by Gasteiger charge is 2.31. The maximum atomic E-state index is 13.7. The Morgan fingerprint density at radius 3 is 2.34 bits per heavy atom. The number of carboxylic acid groups (broad SMARTS) is 1. The number of carbonyl (C=O) groups excluding carboxylic acids is 6. The van der Waals surface area contributed by atoms with Gasteiger partial charge in [-0.05, 0) is 129 Å². The molecule has 0 unspecified atom stereocenters. The Morgan fingerprint density at radius 2 is 1.62 bits per heavy atom. The number of quaternary nitrogens is 1. The molecule has 446 valence electrons. The van der Waals surface area contributed by atoms with Gasteiger partial charge in [-0.3, -0.25) is 28.9 Å². The lowest BCUT2D eigenvalue weighted by molar-refractivity contribution is -0.896. The Labute approximate surface area is 501 Å². The number of carbonyl (C=O) groups is 7. The average molecular weight is 1200 g/mol. The molecule has 85 heavy (non-hydrogen) atoms. The van der Waals surface area contributed by atoms with Gasteiger partial charge in [-0.2, -0.15) is 0 Å². The van der Waals surface area contributed by atoms with Gasteiger partial charge >= 0.3 is 12.0 Å². The number of fused-ring (bicyclic) bond motifs is 2. The molecule has 4 heterocycles. The summed E-state index contributed by atoms with van der Waals surface area (Å²) in [5.41, 5.74) is 13.0. The molecule has 0 fully saturated rings. The first-order valence-electron chi connectivity index (χ1n) is 28.2. The summed E-state index contributed by atoms with van der Waals surface area (Å²) in [6.45, 7) is 8.21. The molecule has 0 radical (unpaired) electrons. The zero-order valence-electron chi connectivity index (χ0n) is 48.3. The fourth-order valence-electron chi connectivity index (χ4n) is 9.80. The van der Waals surface area contributed by atoms with Crippen LogP contribution in [0.2, 0.25) is 0 Å². The molecule has 7 amide bonds. The number of rotatable bonds is 28. The van der Waals surface area contributed by atoms with Gasteiger partial charge in [0.1, 0.15) is 30.9 Å². The highest BCUT2D eigenvalue weighted by Crippen LogP contribution is 2.41. The third-order valence-electron chi connectivity index (χ3n) is 14.3. The van der Waals surface area contributed by atoms with Crippen LogP contribution in [0.4, 0.5) is 32.1 Å². The van der Waals surface area contributed by atoms with Crippen molar-refractivity contribution < 1.29 is 52.6 Å². The molecule has 0 spiro atoms. The molecular weight excluding hydrogens is 1120 g/mol. The van der Waals surface area contributed by atoms with E-state index < -0.39 is 53.6 Å². The highest BCUT2D eigenvalue weighted by atomic mass is 32.1. The first-order chi connectivity index (χ1) is 40.8. The summed E-state index contributed by atoms with van der Waals surface area (Å²) >= 11 is 3.04. The number of ether oxygens (including phenoxy) is 2. The number of carboxylic acids is 1. The van der Waals surface area contributed by atoms with Crippen LogP contribution in [0, 0.1) is 24.7 Å². The first-order valence-corrected chi connectivity index (χ1v) is 29.9. The van der Waals surface area contributed by atoms with Gasteiger partial charge < -0.3 is 56.3 Å². The van der Waals surface area contributed by atoms with Crippen LogP contribution in [-0.4, -0.2) is 138 Å². The highest BCUT2D eigenvalue weighted by molar-refractivity contribution is 7.22. The fraction of sp³-hybridized carbons (Fsp3) is 0.371. The minimum atomic E-state index is -1.05. The number of amides is 7. The number of para-hydroxylation sites is 1. The van der Waals surface area contributed by atoms with E-state index in [1.165, 1.54) is 29.1 Å². The number of thiazole rings is 2. The molecule has 8 N–H and O–H groups in total. The van der Waals surface area contributed by atoms with Crippen LogP contribution < -0.4 is 42.0 Å². The Bertz CT molecular complexity index is 3450. The number of aryl methyl sites for hydroxylation is 1. The molecule has 0 saturated heterocycles. The molecule has 2 aromatic heterocycles. The Kier molecular flexibility index (Phi) is 21.4. The normalized spacial score (nSPS) is 13.7. The second-order valence-corrected chi connectivity index (χ2v) is 23.8. The monoisotopic (exact) mass is 1190 g/mol. The van der Waals surface area contributed by atoms with Gasteiger partial charge in [-0.15, -0.1) is 11.3 Å². The summed E-state index contributed by atoms with van der Waals surface area (Å²) in [7, 11) is 4.15. The van der Waals surface area contributed by atoms with Crippen molar-refractivity contribution in [1.82, 2.24) is 30.8 Å². The van der Waals surface area contributed by atoms with Crippen LogP contribution in [0.1, 0.15) is 83.6 Å². The number of primary amides is 1. The summed E-state index contributed by atoms with van der Waals surface area (Å²) in [4.78, 5) is 101. The van der Waals surface area contributed by atoms with Crippen LogP contribution >= 0.6 is 22.7 Å². The summed E-state index contributed by atoms with van der Waals surface area (Å²) < 4.78 is 13.2. The maximum Gasteiger partial charge on any atom is 0.355 e. The second kappa shape index (κ2) is 29.2. The number of aromatic carboxylic acids is 1. The SMILES string of the molecule is Cc1c(Nc2nc3ccccc3s2)ccc2c1CCCN2c1nc(C(=O)O)c(CCCOc2ccc(C#CC[N+](C)(C)Cc3ccc(NC(=O)[C@H](CCCNC(N)=O)NC(=O)[C@@H](NC(=O)CCOCCN4C(=O)C=CC4=O)C(C)C)cc3)cc2)s1. The van der Waals surface area contributed by atoms with Crippen LogP contribution in [-0.2, 0) is 48.1 Å². The first kappa shape index (κ1) is 62.4. The molecule has 0 aliphatic carbocycles. The zero-order chi connectivity index (χ0) is 60.6. The number of hydrogen-bond donors (Lipinski definition) is 7. The number of nitrogens with zero attached hydrogens (tertiary/aromatic N) is 5. The third kappa shape index (κ3) is 17.4. The van der Waals surface area contributed by atoms with E-state index in [0.717, 1.165) is 67.7 Å². The van der Waals surface area contributed by atoms with Gasteiger partial charge in [0.2, 0.25) is 17.7 Å². The number of urea groups is 1. The number of aromatic nitrogens is 2. The lowest BCUT2D eigenvalue weighted by Crippen LogP contribution is -2.54. The van der Waals surface area contributed by atoms with Gasteiger partial charge in [-0.25, -0.2) is 19.6 Å². The van der Waals surface area contributed by atoms with E-state index in [2.05, 4.69) is 87.5 Å². The van der Waals surface area contributed by atoms with Crippen molar-refractivity contribution in [3.63, 3.8) is 0 Å². The Balaban J connectivity index is 0.778. The summed E-state index contributed by atoms with van der Waals surface area (Å²) in [6, 6.07) is 24.5. The minimum Gasteiger partial charge on any atom is -0.494 e. The van der Waals surface area contributed by atoms with Crippen LogP contribution in [0.5, 0.6) is 5.75 Å². The van der Waals surface area contributed by atoms with Gasteiger partial charge in [0.15, 0.2) is 16.0 Å². The van der Waals surface area contributed by atoms with Gasteiger partial charge in [-0.1, -0.05) is 55.4 Å². The fourth-order valence-corrected chi connectivity index (χ4v) is 11.8. The molecule has 8 rings (SSSR count). The third-order valence-corrected chi connectivity index (χ3v) is 16.4. The average Bonchev–Trinajstić information content (AvgIpc) is 2.40. The van der Waals surface area contributed by atoms with Crippen LogP contribution in [0.25, 0.3) is 10.2 Å². The molecule has 23 heteroatoms. The van der Waals surface area contributed by atoms with Crippen molar-refractivity contribution in [1.29, 1.82) is 0 Å². The number of nitrogens with two attached hydrogens (primary N) is 1. The largest absolute Gasteiger partial charge is 0.494 e. The van der Waals surface area contributed by atoms with E-state index in [1.54, 1.807) is 37.3 Å². The molecular formula is C62H72N11O10S2+. The van der Waals surface area contributed by atoms with Gasteiger partial charge in [0.05, 0.1) is 50.7 Å². The summed E-state index contributed by atoms with van der Waals surface area (Å²) in [6.07, 6.45) is 5.68. The molecule has 2 atom stereocenters. The van der Waals surface area contributed by atoms with E-state index >= 15 is 0 Å². The van der Waals surface area contributed by atoms with Gasteiger partial charge in [0, 0.05) is 64.7 Å². The Morgan fingerprint density at radius 1 is 0.871 bits per heavy atom. The molecule has 21 nitrogen and oxygen atoms in total. The lowest BCUT2D eigenvalue weighted by Gasteiger charge is -2.31. The lowest BCUT2D eigenvalue weighted by atomic mass is 9.96. The quantitative estimate of drug-likeness (QED) is 0.0108. The molecule has 2 aliphatic heterocycles. The molecule has 0 bridgehead atoms. The number of anilines is 5. The van der Waals surface area contributed by atoms with E-state index in [4.69, 9.17) is 20.2 Å². The van der Waals surface area contributed by atoms with E-state index in [0.29, 0.717) is 64.9 Å². The second-order valence-electron chi connectivity index (χ2n) is 21.7. The molecule has 6 aromatic rings. The summed E-state index contributed by atoms with van der Waals surface area (Å²) in [5, 5.41) is 26.1. The predicted molar refractivity (Wildman–Crippen MR) is 328 cm³/mol. The molecule has 4 aromatic carbocycles. The number of benzene rings is 4. The maximum absolute atomic E-state index is 13.7. The van der Waals surface area contributed by atoms with Crippen molar-refractivity contribution in [3.8, 4) is 17.6 Å². The minimum absolute atomic E-state index is 0.0107. The smallest absolute Gasteiger partial charge is 0.355 e. The van der Waals surface area contributed by atoms with Gasteiger partial charge in [0.25, 0.3) is 11.8 Å². The Hall–Kier alpha value is -8.69.